The highest BCUT2D eigenvalue weighted by atomic mass is 15.0. The summed E-state index contributed by atoms with van der Waals surface area (Å²) in [4.78, 5) is 4.84. The van der Waals surface area contributed by atoms with Crippen molar-refractivity contribution in [2.75, 3.05) is 0 Å². The van der Waals surface area contributed by atoms with E-state index < -0.39 is 0 Å². The molecule has 0 atom stereocenters. The van der Waals surface area contributed by atoms with Gasteiger partial charge in [0.1, 0.15) is 0 Å². The predicted octanol–water partition coefficient (Wildman–Crippen LogP) is 4.32. The van der Waals surface area contributed by atoms with E-state index in [9.17, 15) is 0 Å². The molecule has 1 aliphatic carbocycles. The molecule has 0 saturated heterocycles. The lowest BCUT2D eigenvalue weighted by atomic mass is 9.78. The molecule has 1 N–H and O–H groups in total. The minimum Gasteiger partial charge on any atom is -0.384 e. The molecule has 0 amide bonds. The average molecular weight is 250 g/mol. The van der Waals surface area contributed by atoms with Crippen molar-refractivity contribution in [2.24, 2.45) is 10.4 Å². The maximum Gasteiger partial charge on any atom is 0.0527 e. The van der Waals surface area contributed by atoms with Crippen molar-refractivity contribution in [1.29, 1.82) is 0 Å². The Bertz CT molecular complexity index is 360. The van der Waals surface area contributed by atoms with Crippen molar-refractivity contribution in [2.45, 2.75) is 79.3 Å². The monoisotopic (exact) mass is 250 g/mol. The van der Waals surface area contributed by atoms with Gasteiger partial charge < -0.3 is 5.32 Å². The second kappa shape index (κ2) is 4.71. The molecular formula is C16H30N2. The molecule has 0 spiro atoms. The van der Waals surface area contributed by atoms with E-state index in [1.165, 1.54) is 11.4 Å². The van der Waals surface area contributed by atoms with E-state index in [0.717, 1.165) is 12.8 Å². The van der Waals surface area contributed by atoms with E-state index in [2.05, 4.69) is 66.8 Å². The van der Waals surface area contributed by atoms with Crippen LogP contribution in [0.1, 0.15) is 68.2 Å². The molecule has 0 aliphatic heterocycles. The summed E-state index contributed by atoms with van der Waals surface area (Å²) in [5.41, 5.74) is 2.97. The van der Waals surface area contributed by atoms with Crippen molar-refractivity contribution in [3.63, 3.8) is 0 Å². The molecule has 0 bridgehead atoms. The Morgan fingerprint density at radius 1 is 1.06 bits per heavy atom. The number of aliphatic imine (C=N–C) groups is 1. The topological polar surface area (TPSA) is 24.4 Å². The molecular weight excluding hydrogens is 220 g/mol. The first-order valence-corrected chi connectivity index (χ1v) is 6.94. The van der Waals surface area contributed by atoms with Crippen molar-refractivity contribution in [3.05, 3.63) is 11.8 Å². The summed E-state index contributed by atoms with van der Waals surface area (Å²) in [6.45, 7) is 17.7. The molecule has 104 valence electrons. The van der Waals surface area contributed by atoms with Gasteiger partial charge in [-0.25, -0.2) is 0 Å². The van der Waals surface area contributed by atoms with Crippen LogP contribution in [-0.4, -0.2) is 16.8 Å². The van der Waals surface area contributed by atoms with Crippen LogP contribution in [-0.2, 0) is 0 Å². The molecule has 1 rings (SSSR count). The van der Waals surface area contributed by atoms with Gasteiger partial charge in [-0.1, -0.05) is 13.8 Å². The van der Waals surface area contributed by atoms with Crippen molar-refractivity contribution in [1.82, 2.24) is 5.32 Å². The lowest BCUT2D eigenvalue weighted by Crippen LogP contribution is -2.39. The van der Waals surface area contributed by atoms with E-state index in [4.69, 9.17) is 4.99 Å². The van der Waals surface area contributed by atoms with Crippen molar-refractivity contribution >= 4 is 5.71 Å². The molecule has 0 unspecified atom stereocenters. The smallest absolute Gasteiger partial charge is 0.0527 e. The van der Waals surface area contributed by atoms with Gasteiger partial charge in [0.25, 0.3) is 0 Å². The zero-order valence-corrected chi connectivity index (χ0v) is 13.4. The average Bonchev–Trinajstić information content (AvgIpc) is 1.90. The van der Waals surface area contributed by atoms with Crippen LogP contribution < -0.4 is 5.32 Å². The predicted molar refractivity (Wildman–Crippen MR) is 81.2 cm³/mol. The summed E-state index contributed by atoms with van der Waals surface area (Å²) >= 11 is 0. The third-order valence-corrected chi connectivity index (χ3v) is 2.68. The largest absolute Gasteiger partial charge is 0.384 e. The van der Waals surface area contributed by atoms with Crippen LogP contribution in [0.4, 0.5) is 0 Å². The lowest BCUT2D eigenvalue weighted by molar-refractivity contribution is 0.342. The van der Waals surface area contributed by atoms with Gasteiger partial charge in [0, 0.05) is 16.9 Å². The first-order chi connectivity index (χ1) is 7.86. The minimum absolute atomic E-state index is 0.00605. The fraction of sp³-hybridized carbons (Fsp3) is 0.812. The summed E-state index contributed by atoms with van der Waals surface area (Å²) in [6, 6.07) is 0. The molecule has 0 aromatic carbocycles. The minimum atomic E-state index is 0.00605. The Balaban J connectivity index is 3.00. The molecule has 0 saturated carbocycles. The summed E-state index contributed by atoms with van der Waals surface area (Å²) in [6.07, 6.45) is 4.43. The first-order valence-electron chi connectivity index (χ1n) is 6.94. The van der Waals surface area contributed by atoms with Crippen LogP contribution in [0.25, 0.3) is 0 Å². The normalized spacial score (nSPS) is 22.9. The second-order valence-corrected chi connectivity index (χ2v) is 8.34. The maximum absolute atomic E-state index is 4.84. The number of allylic oxidation sites excluding steroid dienone is 2. The molecule has 0 fully saturated rings. The van der Waals surface area contributed by atoms with Crippen LogP contribution in [0.5, 0.6) is 0 Å². The highest BCUT2D eigenvalue weighted by Crippen LogP contribution is 2.34. The Labute approximate surface area is 113 Å². The van der Waals surface area contributed by atoms with E-state index in [-0.39, 0.29) is 11.1 Å². The molecule has 1 aliphatic rings. The van der Waals surface area contributed by atoms with Crippen LogP contribution in [0.15, 0.2) is 16.8 Å². The number of nitrogens with zero attached hydrogens (tertiary/aromatic N) is 1. The second-order valence-electron chi connectivity index (χ2n) is 8.34. The SMILES string of the molecule is CC1(C)CC(NC(C)(C)C)=CC(=NC(C)(C)C)C1. The molecule has 0 aromatic heterocycles. The summed E-state index contributed by atoms with van der Waals surface area (Å²) in [7, 11) is 0. The standard InChI is InChI=1S/C16H30N2/c1-14(2,3)17-12-9-13(18-15(4,5)6)11-16(7,8)10-12/h9,17H,10-11H2,1-8H3. The fourth-order valence-electron chi connectivity index (χ4n) is 2.44. The molecule has 2 nitrogen and oxygen atoms in total. The molecule has 0 heterocycles. The fourth-order valence-corrected chi connectivity index (χ4v) is 2.44. The Hall–Kier alpha value is -0.790. The van der Waals surface area contributed by atoms with Crippen molar-refractivity contribution < 1.29 is 0 Å². The molecule has 0 radical (unpaired) electrons. The van der Waals surface area contributed by atoms with Gasteiger partial charge in [-0.3, -0.25) is 4.99 Å². The van der Waals surface area contributed by atoms with Gasteiger partial charge in [0.05, 0.1) is 5.54 Å². The van der Waals surface area contributed by atoms with Crippen LogP contribution in [0.2, 0.25) is 0 Å². The third kappa shape index (κ3) is 5.70. The zero-order valence-electron chi connectivity index (χ0n) is 13.4. The number of nitrogens with one attached hydrogen (secondary N) is 1. The zero-order chi connectivity index (χ0) is 14.2. The first kappa shape index (κ1) is 15.3. The van der Waals surface area contributed by atoms with Gasteiger partial charge in [-0.15, -0.1) is 0 Å². The van der Waals surface area contributed by atoms with Gasteiger partial charge in [0.15, 0.2) is 0 Å². The summed E-state index contributed by atoms with van der Waals surface area (Å²) < 4.78 is 0. The van der Waals surface area contributed by atoms with E-state index in [0.29, 0.717) is 5.41 Å². The van der Waals surface area contributed by atoms with Gasteiger partial charge >= 0.3 is 0 Å². The summed E-state index contributed by atoms with van der Waals surface area (Å²) in [5, 5.41) is 3.61. The van der Waals surface area contributed by atoms with Crippen LogP contribution in [0, 0.1) is 5.41 Å². The van der Waals surface area contributed by atoms with Gasteiger partial charge in [0.2, 0.25) is 0 Å². The molecule has 2 heteroatoms. The highest BCUT2D eigenvalue weighted by Gasteiger charge is 2.28. The van der Waals surface area contributed by atoms with Gasteiger partial charge in [-0.05, 0) is 65.9 Å². The maximum atomic E-state index is 4.84. The van der Waals surface area contributed by atoms with E-state index >= 15 is 0 Å². The number of rotatable bonds is 1. The number of hydrogen-bond donors (Lipinski definition) is 1. The number of hydrogen-bond acceptors (Lipinski definition) is 2. The van der Waals surface area contributed by atoms with Gasteiger partial charge in [-0.2, -0.15) is 0 Å². The Kier molecular flexibility index (Phi) is 4.00. The summed E-state index contributed by atoms with van der Waals surface area (Å²) in [5.74, 6) is 0. The molecule has 18 heavy (non-hydrogen) atoms. The lowest BCUT2D eigenvalue weighted by Gasteiger charge is -2.35. The Morgan fingerprint density at radius 3 is 2.06 bits per heavy atom. The van der Waals surface area contributed by atoms with E-state index in [1.54, 1.807) is 0 Å². The highest BCUT2D eigenvalue weighted by molar-refractivity contribution is 5.97. The van der Waals surface area contributed by atoms with Crippen LogP contribution >= 0.6 is 0 Å². The van der Waals surface area contributed by atoms with Crippen LogP contribution in [0.3, 0.4) is 0 Å². The van der Waals surface area contributed by atoms with E-state index in [1.807, 2.05) is 0 Å². The van der Waals surface area contributed by atoms with Crippen molar-refractivity contribution in [3.8, 4) is 0 Å². The quantitative estimate of drug-likeness (QED) is 0.736. The Morgan fingerprint density at radius 2 is 1.61 bits per heavy atom. The third-order valence-electron chi connectivity index (χ3n) is 2.68. The molecule has 0 aromatic rings.